The molecule has 4 rings (SSSR count). The molecule has 1 saturated heterocycles. The topological polar surface area (TPSA) is 37.4 Å². The van der Waals surface area contributed by atoms with Crippen LogP contribution >= 0.6 is 0 Å². The number of carbonyl (C=O) groups is 2. The SMILES string of the molecule is CC(C)[C@@]12C=C[C@@](C)(CC1)[C@@H]1C(=O)N(C)C(=O)[C@@H]12. The van der Waals surface area contributed by atoms with Gasteiger partial charge in [0.15, 0.2) is 0 Å². The standard InChI is InChI=1S/C15H21NO2/c1-9(2)15-7-5-14(3,6-8-15)10-11(15)13(18)16(4)12(10)17/h5,7,9-11H,6,8H2,1-4H3/t10-,11+,14-,15+/m0/s1. The first-order valence-corrected chi connectivity index (χ1v) is 6.85. The summed E-state index contributed by atoms with van der Waals surface area (Å²) in [6.07, 6.45) is 6.51. The Bertz CT molecular complexity index is 467. The van der Waals surface area contributed by atoms with E-state index in [4.69, 9.17) is 0 Å². The highest BCUT2D eigenvalue weighted by atomic mass is 16.2. The van der Waals surface area contributed by atoms with Crippen LogP contribution in [0.1, 0.15) is 33.6 Å². The van der Waals surface area contributed by atoms with E-state index >= 15 is 0 Å². The third-order valence-corrected chi connectivity index (χ3v) is 5.76. The molecule has 2 bridgehead atoms. The maximum absolute atomic E-state index is 12.5. The highest BCUT2D eigenvalue weighted by Gasteiger charge is 2.66. The first-order chi connectivity index (χ1) is 8.33. The van der Waals surface area contributed by atoms with Crippen molar-refractivity contribution in [1.82, 2.24) is 4.90 Å². The van der Waals surface area contributed by atoms with Gasteiger partial charge in [0.25, 0.3) is 0 Å². The highest BCUT2D eigenvalue weighted by molar-refractivity contribution is 6.06. The lowest BCUT2D eigenvalue weighted by atomic mass is 9.46. The fourth-order valence-corrected chi connectivity index (χ4v) is 4.37. The summed E-state index contributed by atoms with van der Waals surface area (Å²) in [5, 5.41) is 0. The van der Waals surface area contributed by atoms with Gasteiger partial charge in [0.05, 0.1) is 11.8 Å². The molecule has 0 spiro atoms. The van der Waals surface area contributed by atoms with Crippen molar-refractivity contribution in [1.29, 1.82) is 0 Å². The molecule has 3 nitrogen and oxygen atoms in total. The zero-order valence-electron chi connectivity index (χ0n) is 11.6. The average Bonchev–Trinajstić information content (AvgIpc) is 2.57. The molecule has 0 aromatic carbocycles. The maximum atomic E-state index is 12.5. The Morgan fingerprint density at radius 1 is 1.17 bits per heavy atom. The van der Waals surface area contributed by atoms with Crippen molar-refractivity contribution in [2.45, 2.75) is 33.6 Å². The Morgan fingerprint density at radius 2 is 1.78 bits per heavy atom. The monoisotopic (exact) mass is 247 g/mol. The number of amides is 2. The van der Waals surface area contributed by atoms with E-state index in [2.05, 4.69) is 32.9 Å². The van der Waals surface area contributed by atoms with Crippen LogP contribution in [0.3, 0.4) is 0 Å². The van der Waals surface area contributed by atoms with E-state index in [1.165, 1.54) is 4.90 Å². The maximum Gasteiger partial charge on any atom is 0.233 e. The van der Waals surface area contributed by atoms with Gasteiger partial charge < -0.3 is 0 Å². The molecule has 2 fully saturated rings. The van der Waals surface area contributed by atoms with Crippen molar-refractivity contribution in [3.8, 4) is 0 Å². The fraction of sp³-hybridized carbons (Fsp3) is 0.733. The lowest BCUT2D eigenvalue weighted by Gasteiger charge is -2.55. The van der Waals surface area contributed by atoms with Crippen LogP contribution in [0.4, 0.5) is 0 Å². The number of nitrogens with zero attached hydrogens (tertiary/aromatic N) is 1. The van der Waals surface area contributed by atoms with Gasteiger partial charge in [-0.15, -0.1) is 0 Å². The van der Waals surface area contributed by atoms with E-state index in [0.717, 1.165) is 12.8 Å². The second kappa shape index (κ2) is 3.25. The molecular formula is C15H21NO2. The fourth-order valence-electron chi connectivity index (χ4n) is 4.37. The van der Waals surface area contributed by atoms with Crippen LogP contribution in [0, 0.1) is 28.6 Å². The minimum absolute atomic E-state index is 0.0292. The first-order valence-electron chi connectivity index (χ1n) is 6.85. The number of imide groups is 1. The highest BCUT2D eigenvalue weighted by Crippen LogP contribution is 2.63. The van der Waals surface area contributed by atoms with Gasteiger partial charge in [-0.25, -0.2) is 0 Å². The molecule has 4 aliphatic rings. The Kier molecular flexibility index (Phi) is 2.16. The van der Waals surface area contributed by atoms with Gasteiger partial charge >= 0.3 is 0 Å². The molecule has 3 heteroatoms. The van der Waals surface area contributed by atoms with E-state index in [1.807, 2.05) is 0 Å². The second-order valence-corrected chi connectivity index (χ2v) is 6.80. The average molecular weight is 247 g/mol. The molecule has 0 unspecified atom stereocenters. The number of likely N-dealkylation sites (tertiary alicyclic amines) is 1. The van der Waals surface area contributed by atoms with E-state index in [0.29, 0.717) is 5.92 Å². The summed E-state index contributed by atoms with van der Waals surface area (Å²) in [6.45, 7) is 6.48. The van der Waals surface area contributed by atoms with E-state index in [9.17, 15) is 9.59 Å². The molecule has 0 aromatic heterocycles. The van der Waals surface area contributed by atoms with Crippen molar-refractivity contribution in [3.05, 3.63) is 12.2 Å². The zero-order valence-corrected chi connectivity index (χ0v) is 11.6. The molecule has 2 amide bonds. The smallest absolute Gasteiger partial charge is 0.233 e. The minimum atomic E-state index is -0.129. The Labute approximate surface area is 108 Å². The van der Waals surface area contributed by atoms with Crippen molar-refractivity contribution in [2.24, 2.45) is 28.6 Å². The molecule has 1 aliphatic heterocycles. The third-order valence-electron chi connectivity index (χ3n) is 5.76. The number of fused-ring (bicyclic) bond motifs is 1. The summed E-state index contributed by atoms with van der Waals surface area (Å²) in [5.41, 5.74) is -0.210. The van der Waals surface area contributed by atoms with Crippen molar-refractivity contribution < 1.29 is 9.59 Å². The van der Waals surface area contributed by atoms with Gasteiger partial charge in [-0.1, -0.05) is 32.9 Å². The summed E-state index contributed by atoms with van der Waals surface area (Å²) in [4.78, 5) is 26.2. The predicted octanol–water partition coefficient (Wildman–Crippen LogP) is 2.23. The second-order valence-electron chi connectivity index (χ2n) is 6.80. The molecule has 18 heavy (non-hydrogen) atoms. The molecule has 3 aliphatic carbocycles. The summed E-state index contributed by atoms with van der Waals surface area (Å²) >= 11 is 0. The van der Waals surface area contributed by atoms with Gasteiger partial charge in [0.1, 0.15) is 0 Å². The Morgan fingerprint density at radius 3 is 2.28 bits per heavy atom. The quantitative estimate of drug-likeness (QED) is 0.526. The van der Waals surface area contributed by atoms with Crippen molar-refractivity contribution in [3.63, 3.8) is 0 Å². The molecule has 0 N–H and O–H groups in total. The van der Waals surface area contributed by atoms with Gasteiger partial charge in [-0.05, 0) is 24.2 Å². The molecule has 1 saturated carbocycles. The largest absolute Gasteiger partial charge is 0.285 e. The number of rotatable bonds is 1. The summed E-state index contributed by atoms with van der Waals surface area (Å²) in [7, 11) is 1.64. The van der Waals surface area contributed by atoms with Gasteiger partial charge in [-0.2, -0.15) is 0 Å². The van der Waals surface area contributed by atoms with Gasteiger partial charge in [-0.3, -0.25) is 14.5 Å². The van der Waals surface area contributed by atoms with Crippen LogP contribution < -0.4 is 0 Å². The number of allylic oxidation sites excluding steroid dienone is 2. The third kappa shape index (κ3) is 1.11. The summed E-state index contributed by atoms with van der Waals surface area (Å²) in [6, 6.07) is 0. The zero-order chi connectivity index (χ0) is 13.3. The molecule has 98 valence electrons. The molecule has 4 atom stereocenters. The molecule has 0 aromatic rings. The summed E-state index contributed by atoms with van der Waals surface area (Å²) < 4.78 is 0. The number of hydrogen-bond donors (Lipinski definition) is 0. The van der Waals surface area contributed by atoms with Gasteiger partial charge in [0, 0.05) is 12.5 Å². The van der Waals surface area contributed by atoms with Gasteiger partial charge in [0.2, 0.25) is 11.8 Å². The Balaban J connectivity index is 2.19. The van der Waals surface area contributed by atoms with Crippen LogP contribution in [0.5, 0.6) is 0 Å². The lowest BCUT2D eigenvalue weighted by Crippen LogP contribution is -2.53. The first kappa shape index (κ1) is 11.9. The van der Waals surface area contributed by atoms with Crippen LogP contribution in [-0.2, 0) is 9.59 Å². The summed E-state index contributed by atoms with van der Waals surface area (Å²) in [5.74, 6) is 0.208. The molecule has 1 heterocycles. The molecule has 0 radical (unpaired) electrons. The molecular weight excluding hydrogens is 226 g/mol. The normalized spacial score (nSPS) is 46.2. The van der Waals surface area contributed by atoms with E-state index in [-0.39, 0.29) is 34.5 Å². The Hall–Kier alpha value is -1.12. The van der Waals surface area contributed by atoms with E-state index in [1.54, 1.807) is 7.05 Å². The van der Waals surface area contributed by atoms with Crippen LogP contribution in [0.2, 0.25) is 0 Å². The number of hydrogen-bond acceptors (Lipinski definition) is 2. The lowest BCUT2D eigenvalue weighted by molar-refractivity contribution is -0.139. The van der Waals surface area contributed by atoms with Crippen LogP contribution in [0.15, 0.2) is 12.2 Å². The van der Waals surface area contributed by atoms with Crippen molar-refractivity contribution in [2.75, 3.05) is 7.05 Å². The minimum Gasteiger partial charge on any atom is -0.285 e. The van der Waals surface area contributed by atoms with E-state index < -0.39 is 0 Å². The van der Waals surface area contributed by atoms with Crippen LogP contribution in [0.25, 0.3) is 0 Å². The number of carbonyl (C=O) groups excluding carboxylic acids is 2. The van der Waals surface area contributed by atoms with Crippen LogP contribution in [-0.4, -0.2) is 23.8 Å². The predicted molar refractivity (Wildman–Crippen MR) is 68.5 cm³/mol. The van der Waals surface area contributed by atoms with Crippen molar-refractivity contribution >= 4 is 11.8 Å².